The van der Waals surface area contributed by atoms with E-state index >= 15 is 0 Å². The van der Waals surface area contributed by atoms with Crippen molar-refractivity contribution in [1.29, 1.82) is 0 Å². The van der Waals surface area contributed by atoms with Crippen molar-refractivity contribution < 1.29 is 13.5 Å². The van der Waals surface area contributed by atoms with Crippen LogP contribution in [0.3, 0.4) is 0 Å². The fraction of sp³-hybridized carbons (Fsp3) is 0.778. The summed E-state index contributed by atoms with van der Waals surface area (Å²) in [4.78, 5) is 0. The van der Waals surface area contributed by atoms with Gasteiger partial charge in [-0.25, -0.2) is 13.1 Å². The molecule has 0 amide bonds. The predicted octanol–water partition coefficient (Wildman–Crippen LogP) is -0.0310. The molecule has 0 spiro atoms. The molecule has 1 aliphatic rings. The molecule has 0 aliphatic carbocycles. The van der Waals surface area contributed by atoms with E-state index in [2.05, 4.69) is 26.2 Å². The van der Waals surface area contributed by atoms with Gasteiger partial charge < -0.3 is 5.11 Å². The van der Waals surface area contributed by atoms with Crippen LogP contribution in [0.25, 0.3) is 0 Å². The quantitative estimate of drug-likeness (QED) is 0.817. The third kappa shape index (κ3) is 2.31. The van der Waals surface area contributed by atoms with Gasteiger partial charge in [0.15, 0.2) is 4.60 Å². The Morgan fingerprint density at radius 2 is 2.17 bits per heavy atom. The minimum absolute atomic E-state index is 0.0178. The number of aliphatic hydroxyl groups is 1. The standard InChI is InChI=1S/C9H15BrN4O3S/c1-6-3-4-14(5-7(6)15)18(16,17)9-8(10)11-12-13(9)2/h6-7,15H,3-5H2,1-2H3. The largest absolute Gasteiger partial charge is 0.391 e. The van der Waals surface area contributed by atoms with Gasteiger partial charge in [0.05, 0.1) is 6.10 Å². The molecule has 1 aliphatic heterocycles. The Kier molecular flexibility index (Phi) is 3.77. The number of hydrogen-bond donors (Lipinski definition) is 1. The van der Waals surface area contributed by atoms with Gasteiger partial charge >= 0.3 is 0 Å². The van der Waals surface area contributed by atoms with Gasteiger partial charge in [-0.2, -0.15) is 4.31 Å². The van der Waals surface area contributed by atoms with Gasteiger partial charge in [-0.3, -0.25) is 0 Å². The highest BCUT2D eigenvalue weighted by Crippen LogP contribution is 2.26. The highest BCUT2D eigenvalue weighted by atomic mass is 79.9. The zero-order valence-corrected chi connectivity index (χ0v) is 12.5. The minimum atomic E-state index is -3.67. The monoisotopic (exact) mass is 338 g/mol. The molecule has 1 saturated heterocycles. The highest BCUT2D eigenvalue weighted by Gasteiger charge is 2.36. The molecule has 1 fully saturated rings. The molecular formula is C9H15BrN4O3S. The summed E-state index contributed by atoms with van der Waals surface area (Å²) in [6.07, 6.45) is 0.0111. The molecule has 2 atom stereocenters. The molecule has 9 heteroatoms. The Bertz CT molecular complexity index is 525. The van der Waals surface area contributed by atoms with Crippen LogP contribution in [0.15, 0.2) is 9.63 Å². The van der Waals surface area contributed by atoms with Gasteiger partial charge in [0.2, 0.25) is 5.03 Å². The SMILES string of the molecule is CC1CCN(S(=O)(=O)c2c(Br)nnn2C)CC1O. The Morgan fingerprint density at radius 3 is 2.67 bits per heavy atom. The van der Waals surface area contributed by atoms with Crippen LogP contribution < -0.4 is 0 Å². The Labute approximate surface area is 114 Å². The first kappa shape index (κ1) is 13.9. The molecule has 1 N–H and O–H groups in total. The topological polar surface area (TPSA) is 88.3 Å². The second-order valence-electron chi connectivity index (χ2n) is 4.51. The first-order chi connectivity index (χ1) is 8.34. The molecule has 7 nitrogen and oxygen atoms in total. The molecule has 0 saturated carbocycles. The van der Waals surface area contributed by atoms with Gasteiger partial charge in [0.25, 0.3) is 10.0 Å². The third-order valence-electron chi connectivity index (χ3n) is 3.20. The Balaban J connectivity index is 2.33. The molecule has 1 aromatic rings. The average Bonchev–Trinajstić information content (AvgIpc) is 2.62. The lowest BCUT2D eigenvalue weighted by molar-refractivity contribution is 0.0603. The van der Waals surface area contributed by atoms with E-state index in [1.54, 1.807) is 0 Å². The van der Waals surface area contributed by atoms with E-state index in [1.807, 2.05) is 6.92 Å². The lowest BCUT2D eigenvalue weighted by Gasteiger charge is -2.33. The maximum atomic E-state index is 12.4. The molecule has 2 rings (SSSR count). The predicted molar refractivity (Wildman–Crippen MR) is 67.2 cm³/mol. The molecule has 0 bridgehead atoms. The van der Waals surface area contributed by atoms with E-state index in [4.69, 9.17) is 0 Å². The number of aliphatic hydroxyl groups excluding tert-OH is 1. The summed E-state index contributed by atoms with van der Waals surface area (Å²) in [5, 5.41) is 17.1. The summed E-state index contributed by atoms with van der Waals surface area (Å²) < 4.78 is 27.5. The number of nitrogens with zero attached hydrogens (tertiary/aromatic N) is 4. The maximum Gasteiger partial charge on any atom is 0.263 e. The van der Waals surface area contributed by atoms with Gasteiger partial charge in [0, 0.05) is 20.1 Å². The fourth-order valence-electron chi connectivity index (χ4n) is 1.96. The zero-order valence-electron chi connectivity index (χ0n) is 10.1. The smallest absolute Gasteiger partial charge is 0.263 e. The summed E-state index contributed by atoms with van der Waals surface area (Å²) in [6.45, 7) is 2.43. The molecule has 0 radical (unpaired) electrons. The molecule has 2 unspecified atom stereocenters. The summed E-state index contributed by atoms with van der Waals surface area (Å²) >= 11 is 3.08. The highest BCUT2D eigenvalue weighted by molar-refractivity contribution is 9.10. The summed E-state index contributed by atoms with van der Waals surface area (Å²) in [6, 6.07) is 0. The van der Waals surface area contributed by atoms with Crippen LogP contribution in [0.5, 0.6) is 0 Å². The van der Waals surface area contributed by atoms with Crippen molar-refractivity contribution in [2.75, 3.05) is 13.1 Å². The molecule has 1 aromatic heterocycles. The first-order valence-electron chi connectivity index (χ1n) is 5.57. The molecule has 2 heterocycles. The number of hydrogen-bond acceptors (Lipinski definition) is 5. The molecular weight excluding hydrogens is 324 g/mol. The van der Waals surface area contributed by atoms with Gasteiger partial charge in [-0.15, -0.1) is 5.10 Å². The van der Waals surface area contributed by atoms with Crippen LogP contribution in [0.2, 0.25) is 0 Å². The second kappa shape index (κ2) is 4.87. The van der Waals surface area contributed by atoms with Crippen molar-refractivity contribution in [2.24, 2.45) is 13.0 Å². The van der Waals surface area contributed by atoms with Crippen molar-refractivity contribution in [3.8, 4) is 0 Å². The van der Waals surface area contributed by atoms with E-state index in [1.165, 1.54) is 16.0 Å². The van der Waals surface area contributed by atoms with E-state index in [0.29, 0.717) is 13.0 Å². The number of β-amino-alcohol motifs (C(OH)–C–C–N with tert-alkyl or cyclic N) is 1. The number of aryl methyl sites for hydroxylation is 1. The zero-order chi connectivity index (χ0) is 13.5. The number of piperidine rings is 1. The van der Waals surface area contributed by atoms with Crippen LogP contribution in [-0.2, 0) is 17.1 Å². The van der Waals surface area contributed by atoms with Crippen molar-refractivity contribution in [1.82, 2.24) is 19.3 Å². The summed E-state index contributed by atoms with van der Waals surface area (Å²) in [5.41, 5.74) is 0. The number of sulfonamides is 1. The lowest BCUT2D eigenvalue weighted by Crippen LogP contribution is -2.46. The second-order valence-corrected chi connectivity index (χ2v) is 7.11. The average molecular weight is 339 g/mol. The van der Waals surface area contributed by atoms with E-state index in [9.17, 15) is 13.5 Å². The lowest BCUT2D eigenvalue weighted by atomic mass is 9.98. The van der Waals surface area contributed by atoms with Crippen LogP contribution in [-0.4, -0.2) is 52.0 Å². The maximum absolute atomic E-state index is 12.4. The fourth-order valence-corrected chi connectivity index (χ4v) is 4.46. The van der Waals surface area contributed by atoms with Crippen LogP contribution in [0, 0.1) is 5.92 Å². The Hall–Kier alpha value is -0.510. The Morgan fingerprint density at radius 1 is 1.50 bits per heavy atom. The van der Waals surface area contributed by atoms with E-state index in [-0.39, 0.29) is 22.1 Å². The number of rotatable bonds is 2. The molecule has 102 valence electrons. The van der Waals surface area contributed by atoms with Crippen LogP contribution >= 0.6 is 15.9 Å². The normalized spacial score (nSPS) is 26.4. The summed E-state index contributed by atoms with van der Waals surface area (Å²) in [5.74, 6) is 0.115. The van der Waals surface area contributed by atoms with Crippen molar-refractivity contribution in [2.45, 2.75) is 24.5 Å². The molecule has 0 aromatic carbocycles. The van der Waals surface area contributed by atoms with Crippen molar-refractivity contribution in [3.63, 3.8) is 0 Å². The van der Waals surface area contributed by atoms with E-state index < -0.39 is 16.1 Å². The molecule has 18 heavy (non-hydrogen) atoms. The van der Waals surface area contributed by atoms with Crippen LogP contribution in [0.4, 0.5) is 0 Å². The van der Waals surface area contributed by atoms with Gasteiger partial charge in [-0.05, 0) is 28.3 Å². The van der Waals surface area contributed by atoms with Crippen molar-refractivity contribution in [3.05, 3.63) is 4.60 Å². The van der Waals surface area contributed by atoms with Gasteiger partial charge in [-0.1, -0.05) is 12.1 Å². The number of halogens is 1. The van der Waals surface area contributed by atoms with Crippen LogP contribution in [0.1, 0.15) is 13.3 Å². The van der Waals surface area contributed by atoms with Crippen molar-refractivity contribution >= 4 is 26.0 Å². The first-order valence-corrected chi connectivity index (χ1v) is 7.80. The summed E-state index contributed by atoms with van der Waals surface area (Å²) in [7, 11) is -2.15. The number of aromatic nitrogens is 3. The third-order valence-corrected chi connectivity index (χ3v) is 5.96. The minimum Gasteiger partial charge on any atom is -0.391 e. The van der Waals surface area contributed by atoms with E-state index in [0.717, 1.165) is 0 Å². The van der Waals surface area contributed by atoms with Gasteiger partial charge in [0.1, 0.15) is 0 Å².